The van der Waals surface area contributed by atoms with E-state index in [9.17, 15) is 4.79 Å². The Balaban J connectivity index is 2.30. The van der Waals surface area contributed by atoms with Gasteiger partial charge in [-0.3, -0.25) is 4.79 Å². The number of imidazole rings is 1. The van der Waals surface area contributed by atoms with E-state index in [1.54, 1.807) is 7.11 Å². The first-order chi connectivity index (χ1) is 8.60. The Labute approximate surface area is 105 Å². The number of aromatic nitrogens is 2. The summed E-state index contributed by atoms with van der Waals surface area (Å²) in [5.74, 6) is 1.14. The van der Waals surface area contributed by atoms with Crippen molar-refractivity contribution in [3.05, 3.63) is 35.7 Å². The van der Waals surface area contributed by atoms with E-state index in [2.05, 4.69) is 9.97 Å². The Morgan fingerprint density at radius 2 is 2.06 bits per heavy atom. The second kappa shape index (κ2) is 4.91. The van der Waals surface area contributed by atoms with E-state index < -0.39 is 0 Å². The molecule has 0 aliphatic carbocycles. The first kappa shape index (κ1) is 12.2. The number of rotatable bonds is 4. The minimum absolute atomic E-state index is 0.151. The van der Waals surface area contributed by atoms with Crippen LogP contribution in [0.25, 0.3) is 11.4 Å². The monoisotopic (exact) mass is 245 g/mol. The van der Waals surface area contributed by atoms with E-state index in [-0.39, 0.29) is 12.3 Å². The molecule has 0 fully saturated rings. The van der Waals surface area contributed by atoms with Crippen molar-refractivity contribution in [3.8, 4) is 17.1 Å². The van der Waals surface area contributed by atoms with Crippen LogP contribution in [0.5, 0.6) is 5.75 Å². The summed E-state index contributed by atoms with van der Waals surface area (Å²) in [6, 6.07) is 7.54. The second-order valence-corrected chi connectivity index (χ2v) is 4.03. The lowest BCUT2D eigenvalue weighted by molar-refractivity contribution is -0.117. The summed E-state index contributed by atoms with van der Waals surface area (Å²) in [5.41, 5.74) is 7.66. The first-order valence-corrected chi connectivity index (χ1v) is 5.58. The topological polar surface area (TPSA) is 81.0 Å². The van der Waals surface area contributed by atoms with Crippen LogP contribution in [0, 0.1) is 6.92 Å². The molecule has 1 aromatic carbocycles. The molecule has 0 atom stereocenters. The molecular weight excluding hydrogens is 230 g/mol. The van der Waals surface area contributed by atoms with Gasteiger partial charge in [0.2, 0.25) is 5.91 Å². The number of benzene rings is 1. The third-order valence-corrected chi connectivity index (χ3v) is 2.69. The molecule has 94 valence electrons. The van der Waals surface area contributed by atoms with Gasteiger partial charge >= 0.3 is 0 Å². The lowest BCUT2D eigenvalue weighted by atomic mass is 10.2. The van der Waals surface area contributed by atoms with Gasteiger partial charge in [0.1, 0.15) is 11.6 Å². The quantitative estimate of drug-likeness (QED) is 0.854. The fourth-order valence-electron chi connectivity index (χ4n) is 1.72. The predicted molar refractivity (Wildman–Crippen MR) is 68.2 cm³/mol. The van der Waals surface area contributed by atoms with Crippen LogP contribution in [0.4, 0.5) is 0 Å². The van der Waals surface area contributed by atoms with Gasteiger partial charge in [0.05, 0.1) is 19.2 Å². The van der Waals surface area contributed by atoms with Crippen LogP contribution in [0.15, 0.2) is 24.3 Å². The van der Waals surface area contributed by atoms with Crippen molar-refractivity contribution in [2.45, 2.75) is 13.3 Å². The smallest absolute Gasteiger partial charge is 0.223 e. The summed E-state index contributed by atoms with van der Waals surface area (Å²) in [6.07, 6.45) is 0.151. The van der Waals surface area contributed by atoms with Crippen molar-refractivity contribution in [1.82, 2.24) is 9.97 Å². The SMILES string of the molecule is COc1ccc(-c2nc(CC(N)=O)c(C)[nH]2)cc1. The molecule has 0 bridgehead atoms. The Kier molecular flexibility index (Phi) is 3.32. The number of nitrogens with zero attached hydrogens (tertiary/aromatic N) is 1. The van der Waals surface area contributed by atoms with Crippen molar-refractivity contribution in [1.29, 1.82) is 0 Å². The summed E-state index contributed by atoms with van der Waals surface area (Å²) in [6.45, 7) is 1.87. The maximum Gasteiger partial charge on any atom is 0.223 e. The lowest BCUT2D eigenvalue weighted by Gasteiger charge is -2.00. The highest BCUT2D eigenvalue weighted by Crippen LogP contribution is 2.21. The number of aromatic amines is 1. The normalized spacial score (nSPS) is 10.3. The third-order valence-electron chi connectivity index (χ3n) is 2.69. The number of carbonyl (C=O) groups is 1. The largest absolute Gasteiger partial charge is 0.497 e. The molecule has 0 saturated carbocycles. The Bertz CT molecular complexity index is 558. The molecular formula is C13H15N3O2. The number of primary amides is 1. The van der Waals surface area contributed by atoms with Gasteiger partial charge in [-0.25, -0.2) is 4.98 Å². The van der Waals surface area contributed by atoms with Crippen molar-refractivity contribution >= 4 is 5.91 Å². The highest BCUT2D eigenvalue weighted by atomic mass is 16.5. The zero-order valence-corrected chi connectivity index (χ0v) is 10.4. The Hall–Kier alpha value is -2.30. The van der Waals surface area contributed by atoms with E-state index in [1.165, 1.54) is 0 Å². The molecule has 1 aromatic heterocycles. The molecule has 5 heteroatoms. The minimum atomic E-state index is -0.383. The molecule has 0 aliphatic heterocycles. The highest BCUT2D eigenvalue weighted by molar-refractivity contribution is 5.76. The van der Waals surface area contributed by atoms with Crippen LogP contribution in [0.3, 0.4) is 0 Å². The first-order valence-electron chi connectivity index (χ1n) is 5.58. The molecule has 3 N–H and O–H groups in total. The number of H-pyrrole nitrogens is 1. The number of hydrogen-bond donors (Lipinski definition) is 2. The van der Waals surface area contributed by atoms with Crippen molar-refractivity contribution in [3.63, 3.8) is 0 Å². The van der Waals surface area contributed by atoms with Crippen molar-refractivity contribution in [2.24, 2.45) is 5.73 Å². The van der Waals surface area contributed by atoms with E-state index >= 15 is 0 Å². The number of nitrogens with two attached hydrogens (primary N) is 1. The minimum Gasteiger partial charge on any atom is -0.497 e. The zero-order chi connectivity index (χ0) is 13.1. The van der Waals surface area contributed by atoms with Gasteiger partial charge in [-0.05, 0) is 31.2 Å². The van der Waals surface area contributed by atoms with Gasteiger partial charge in [0, 0.05) is 11.3 Å². The van der Waals surface area contributed by atoms with Gasteiger partial charge in [-0.1, -0.05) is 0 Å². The zero-order valence-electron chi connectivity index (χ0n) is 10.4. The standard InChI is InChI=1S/C13H15N3O2/c1-8-11(7-12(14)17)16-13(15-8)9-3-5-10(18-2)6-4-9/h3-6H,7H2,1-2H3,(H2,14,17)(H,15,16). The number of hydrogen-bond acceptors (Lipinski definition) is 3. The van der Waals surface area contributed by atoms with Crippen molar-refractivity contribution < 1.29 is 9.53 Å². The maximum absolute atomic E-state index is 10.9. The van der Waals surface area contributed by atoms with E-state index in [0.717, 1.165) is 22.8 Å². The molecule has 1 heterocycles. The number of amides is 1. The molecule has 1 amide bonds. The van der Waals surface area contributed by atoms with Crippen LogP contribution < -0.4 is 10.5 Å². The number of methoxy groups -OCH3 is 1. The van der Waals surface area contributed by atoms with Gasteiger partial charge in [0.15, 0.2) is 0 Å². The summed E-state index contributed by atoms with van der Waals surface area (Å²) in [7, 11) is 1.62. The van der Waals surface area contributed by atoms with Gasteiger partial charge in [0.25, 0.3) is 0 Å². The summed E-state index contributed by atoms with van der Waals surface area (Å²) in [4.78, 5) is 18.4. The molecule has 0 aliphatic rings. The van der Waals surface area contributed by atoms with Gasteiger partial charge in [-0.15, -0.1) is 0 Å². The second-order valence-electron chi connectivity index (χ2n) is 4.03. The molecule has 2 rings (SSSR count). The molecule has 18 heavy (non-hydrogen) atoms. The number of ether oxygens (including phenoxy) is 1. The average molecular weight is 245 g/mol. The van der Waals surface area contributed by atoms with Gasteiger partial charge in [-0.2, -0.15) is 0 Å². The van der Waals surface area contributed by atoms with Gasteiger partial charge < -0.3 is 15.5 Å². The third kappa shape index (κ3) is 2.51. The van der Waals surface area contributed by atoms with Crippen LogP contribution in [0.2, 0.25) is 0 Å². The van der Waals surface area contributed by atoms with E-state index in [1.807, 2.05) is 31.2 Å². The molecule has 2 aromatic rings. The van der Waals surface area contributed by atoms with E-state index in [0.29, 0.717) is 5.69 Å². The van der Waals surface area contributed by atoms with Crippen LogP contribution >= 0.6 is 0 Å². The molecule has 5 nitrogen and oxygen atoms in total. The fraction of sp³-hybridized carbons (Fsp3) is 0.231. The van der Waals surface area contributed by atoms with Crippen molar-refractivity contribution in [2.75, 3.05) is 7.11 Å². The molecule has 0 unspecified atom stereocenters. The summed E-state index contributed by atoms with van der Waals surface area (Å²) < 4.78 is 5.09. The number of nitrogens with one attached hydrogen (secondary N) is 1. The molecule has 0 radical (unpaired) electrons. The fourth-order valence-corrected chi connectivity index (χ4v) is 1.72. The summed E-state index contributed by atoms with van der Waals surface area (Å²) in [5, 5.41) is 0. The maximum atomic E-state index is 10.9. The molecule has 0 spiro atoms. The van der Waals surface area contributed by atoms with Crippen LogP contribution in [0.1, 0.15) is 11.4 Å². The molecule has 0 saturated heterocycles. The Morgan fingerprint density at radius 1 is 1.39 bits per heavy atom. The van der Waals surface area contributed by atoms with E-state index in [4.69, 9.17) is 10.5 Å². The highest BCUT2D eigenvalue weighted by Gasteiger charge is 2.10. The lowest BCUT2D eigenvalue weighted by Crippen LogP contribution is -2.14. The number of aryl methyl sites for hydroxylation is 1. The average Bonchev–Trinajstić information content (AvgIpc) is 2.70. The Morgan fingerprint density at radius 3 is 2.61 bits per heavy atom. The van der Waals surface area contributed by atoms with Crippen LogP contribution in [-0.2, 0) is 11.2 Å². The number of carbonyl (C=O) groups excluding carboxylic acids is 1. The summed E-state index contributed by atoms with van der Waals surface area (Å²) >= 11 is 0. The van der Waals surface area contributed by atoms with Crippen LogP contribution in [-0.4, -0.2) is 23.0 Å². The predicted octanol–water partition coefficient (Wildman–Crippen LogP) is 1.42.